The van der Waals surface area contributed by atoms with Crippen LogP contribution in [0.1, 0.15) is 37.0 Å². The maximum absolute atomic E-state index is 12.1. The van der Waals surface area contributed by atoms with Crippen molar-refractivity contribution in [2.24, 2.45) is 5.92 Å². The van der Waals surface area contributed by atoms with Crippen LogP contribution in [-0.2, 0) is 0 Å². The number of Topliss-reactive ketones (excluding diaryl/α,β-unsaturated/α-hetero) is 1. The lowest BCUT2D eigenvalue weighted by molar-refractivity contribution is 0.0972. The Morgan fingerprint density at radius 2 is 1.94 bits per heavy atom. The molecule has 0 saturated carbocycles. The van der Waals surface area contributed by atoms with Crippen LogP contribution >= 0.6 is 11.6 Å². The second kappa shape index (κ2) is 6.64. The number of rotatable bonds is 6. The van der Waals surface area contributed by atoms with Gasteiger partial charge in [0.15, 0.2) is 11.5 Å². The average molecular weight is 271 g/mol. The van der Waals surface area contributed by atoms with Crippen LogP contribution in [0.15, 0.2) is 12.1 Å². The molecule has 0 radical (unpaired) electrons. The molecule has 0 heterocycles. The van der Waals surface area contributed by atoms with Gasteiger partial charge in [0.2, 0.25) is 0 Å². The molecule has 0 N–H and O–H groups in total. The second-order valence-corrected chi connectivity index (χ2v) is 4.90. The molecule has 3 nitrogen and oxygen atoms in total. The second-order valence-electron chi connectivity index (χ2n) is 4.52. The van der Waals surface area contributed by atoms with Gasteiger partial charge in [-0.15, -0.1) is 0 Å². The summed E-state index contributed by atoms with van der Waals surface area (Å²) in [4.78, 5) is 12.1. The molecular formula is C14H19ClO3. The van der Waals surface area contributed by atoms with E-state index in [0.29, 0.717) is 34.4 Å². The number of ether oxygens (including phenoxy) is 2. The van der Waals surface area contributed by atoms with E-state index in [1.807, 2.05) is 0 Å². The van der Waals surface area contributed by atoms with Gasteiger partial charge in [-0.25, -0.2) is 0 Å². The van der Waals surface area contributed by atoms with Crippen molar-refractivity contribution >= 4 is 17.4 Å². The maximum atomic E-state index is 12.1. The molecule has 0 saturated heterocycles. The molecule has 1 aromatic carbocycles. The normalized spacial score (nSPS) is 10.6. The van der Waals surface area contributed by atoms with E-state index in [1.165, 1.54) is 14.2 Å². The first-order valence-electron chi connectivity index (χ1n) is 5.95. The van der Waals surface area contributed by atoms with Crippen molar-refractivity contribution in [2.45, 2.75) is 26.7 Å². The lowest BCUT2D eigenvalue weighted by Crippen LogP contribution is -2.05. The highest BCUT2D eigenvalue weighted by Gasteiger charge is 2.18. The summed E-state index contributed by atoms with van der Waals surface area (Å²) in [6.45, 7) is 4.18. The third-order valence-electron chi connectivity index (χ3n) is 2.73. The average Bonchev–Trinajstić information content (AvgIpc) is 2.35. The van der Waals surface area contributed by atoms with Crippen molar-refractivity contribution in [3.63, 3.8) is 0 Å². The van der Waals surface area contributed by atoms with Gasteiger partial charge in [0.05, 0.1) is 19.8 Å². The molecule has 4 heteroatoms. The van der Waals surface area contributed by atoms with Gasteiger partial charge in [0.25, 0.3) is 0 Å². The SMILES string of the molecule is COc1ccc(C(=O)CCC(C)C)c(OC)c1Cl. The van der Waals surface area contributed by atoms with E-state index in [0.717, 1.165) is 6.42 Å². The van der Waals surface area contributed by atoms with Crippen molar-refractivity contribution in [3.8, 4) is 11.5 Å². The zero-order valence-corrected chi connectivity index (χ0v) is 12.0. The predicted molar refractivity (Wildman–Crippen MR) is 73.0 cm³/mol. The van der Waals surface area contributed by atoms with Gasteiger partial charge in [-0.2, -0.15) is 0 Å². The molecule has 0 spiro atoms. The fourth-order valence-electron chi connectivity index (χ4n) is 1.67. The Bertz CT molecular complexity index is 427. The molecular weight excluding hydrogens is 252 g/mol. The highest BCUT2D eigenvalue weighted by molar-refractivity contribution is 6.34. The number of ketones is 1. The summed E-state index contributed by atoms with van der Waals surface area (Å²) in [7, 11) is 3.03. The summed E-state index contributed by atoms with van der Waals surface area (Å²) in [6, 6.07) is 3.39. The van der Waals surface area contributed by atoms with E-state index < -0.39 is 0 Å². The molecule has 18 heavy (non-hydrogen) atoms. The van der Waals surface area contributed by atoms with Crippen LogP contribution in [0.4, 0.5) is 0 Å². The van der Waals surface area contributed by atoms with Gasteiger partial charge in [-0.3, -0.25) is 4.79 Å². The number of benzene rings is 1. The van der Waals surface area contributed by atoms with Gasteiger partial charge in [0.1, 0.15) is 10.8 Å². The predicted octanol–water partition coefficient (Wildman–Crippen LogP) is 3.98. The molecule has 0 bridgehead atoms. The minimum absolute atomic E-state index is 0.0464. The van der Waals surface area contributed by atoms with E-state index in [2.05, 4.69) is 13.8 Å². The minimum Gasteiger partial charge on any atom is -0.495 e. The summed E-state index contributed by atoms with van der Waals surface area (Å²) in [5.74, 6) is 1.44. The first-order valence-corrected chi connectivity index (χ1v) is 6.32. The van der Waals surface area contributed by atoms with Gasteiger partial charge in [0, 0.05) is 6.42 Å². The molecule has 0 aliphatic carbocycles. The number of hydrogen-bond donors (Lipinski definition) is 0. The minimum atomic E-state index is 0.0464. The third kappa shape index (κ3) is 3.39. The smallest absolute Gasteiger partial charge is 0.166 e. The van der Waals surface area contributed by atoms with E-state index in [1.54, 1.807) is 12.1 Å². The number of methoxy groups -OCH3 is 2. The van der Waals surface area contributed by atoms with E-state index >= 15 is 0 Å². The Morgan fingerprint density at radius 1 is 1.28 bits per heavy atom. The molecule has 1 aromatic rings. The van der Waals surface area contributed by atoms with Crippen LogP contribution < -0.4 is 9.47 Å². The van der Waals surface area contributed by atoms with Crippen molar-refractivity contribution in [1.82, 2.24) is 0 Å². The standard InChI is InChI=1S/C14H19ClO3/c1-9(2)5-7-11(16)10-6-8-12(17-3)13(15)14(10)18-4/h6,8-9H,5,7H2,1-4H3. The lowest BCUT2D eigenvalue weighted by atomic mass is 10.0. The first-order chi connectivity index (χ1) is 8.51. The van der Waals surface area contributed by atoms with E-state index in [4.69, 9.17) is 21.1 Å². The maximum Gasteiger partial charge on any atom is 0.166 e. The van der Waals surface area contributed by atoms with Crippen LogP contribution in [0.25, 0.3) is 0 Å². The van der Waals surface area contributed by atoms with E-state index in [-0.39, 0.29) is 5.78 Å². The lowest BCUT2D eigenvalue weighted by Gasteiger charge is -2.12. The Hall–Kier alpha value is -1.22. The molecule has 0 amide bonds. The Morgan fingerprint density at radius 3 is 2.44 bits per heavy atom. The molecule has 1 rings (SSSR count). The van der Waals surface area contributed by atoms with Gasteiger partial charge >= 0.3 is 0 Å². The van der Waals surface area contributed by atoms with Crippen molar-refractivity contribution in [1.29, 1.82) is 0 Å². The van der Waals surface area contributed by atoms with Crippen molar-refractivity contribution in [3.05, 3.63) is 22.7 Å². The summed E-state index contributed by atoms with van der Waals surface area (Å²) in [5, 5.41) is 0.343. The van der Waals surface area contributed by atoms with Gasteiger partial charge in [-0.1, -0.05) is 25.4 Å². The van der Waals surface area contributed by atoms with Crippen molar-refractivity contribution in [2.75, 3.05) is 14.2 Å². The van der Waals surface area contributed by atoms with Crippen LogP contribution in [0.3, 0.4) is 0 Å². The van der Waals surface area contributed by atoms with Crippen LogP contribution in [-0.4, -0.2) is 20.0 Å². The largest absolute Gasteiger partial charge is 0.495 e. The molecule has 0 unspecified atom stereocenters. The summed E-state index contributed by atoms with van der Waals surface area (Å²) in [6.07, 6.45) is 1.35. The van der Waals surface area contributed by atoms with Gasteiger partial charge in [-0.05, 0) is 24.5 Å². The Kier molecular flexibility index (Phi) is 5.48. The summed E-state index contributed by atoms with van der Waals surface area (Å²) in [5.41, 5.74) is 0.518. The highest BCUT2D eigenvalue weighted by atomic mass is 35.5. The summed E-state index contributed by atoms with van der Waals surface area (Å²) < 4.78 is 10.3. The number of halogens is 1. The number of carbonyl (C=O) groups excluding carboxylic acids is 1. The zero-order valence-electron chi connectivity index (χ0n) is 11.2. The Labute approximate surface area is 113 Å². The monoisotopic (exact) mass is 270 g/mol. The molecule has 0 atom stereocenters. The molecule has 0 aliphatic rings. The Balaban J connectivity index is 3.02. The van der Waals surface area contributed by atoms with Gasteiger partial charge < -0.3 is 9.47 Å². The highest BCUT2D eigenvalue weighted by Crippen LogP contribution is 2.37. The van der Waals surface area contributed by atoms with Crippen LogP contribution in [0, 0.1) is 5.92 Å². The molecule has 0 aliphatic heterocycles. The third-order valence-corrected chi connectivity index (χ3v) is 3.09. The zero-order chi connectivity index (χ0) is 13.7. The fourth-order valence-corrected chi connectivity index (χ4v) is 1.99. The molecule has 0 aromatic heterocycles. The molecule has 0 fully saturated rings. The fraction of sp³-hybridized carbons (Fsp3) is 0.500. The first kappa shape index (κ1) is 14.8. The van der Waals surface area contributed by atoms with Crippen LogP contribution in [0.5, 0.6) is 11.5 Å². The quantitative estimate of drug-likeness (QED) is 0.734. The molecule has 100 valence electrons. The number of hydrogen-bond acceptors (Lipinski definition) is 3. The van der Waals surface area contributed by atoms with Crippen LogP contribution in [0.2, 0.25) is 5.02 Å². The van der Waals surface area contributed by atoms with Crippen molar-refractivity contribution < 1.29 is 14.3 Å². The number of carbonyl (C=O) groups is 1. The summed E-state index contributed by atoms with van der Waals surface area (Å²) >= 11 is 6.12. The topological polar surface area (TPSA) is 35.5 Å². The van der Waals surface area contributed by atoms with E-state index in [9.17, 15) is 4.79 Å².